The Labute approximate surface area is 184 Å². The maximum Gasteiger partial charge on any atom is 0.219 e. The molecule has 1 aliphatic carbocycles. The van der Waals surface area contributed by atoms with Crippen LogP contribution in [-0.4, -0.2) is 39.8 Å². The number of carbonyl (C=O) groups is 2. The van der Waals surface area contributed by atoms with Gasteiger partial charge in [0.1, 0.15) is 27.0 Å². The first-order chi connectivity index (χ1) is 14.7. The second-order valence-electron chi connectivity index (χ2n) is 7.36. The predicted octanol–water partition coefficient (Wildman–Crippen LogP) is 3.64. The molecule has 2 aliphatic rings. The average Bonchev–Trinajstić information content (AvgIpc) is 3.06. The van der Waals surface area contributed by atoms with Crippen molar-refractivity contribution in [1.29, 1.82) is 0 Å². The minimum atomic E-state index is -4.24. The largest absolute Gasteiger partial charge is 0.496 e. The lowest BCUT2D eigenvalue weighted by atomic mass is 9.77. The van der Waals surface area contributed by atoms with Gasteiger partial charge in [0.2, 0.25) is 21.2 Å². The Kier molecular flexibility index (Phi) is 5.10. The summed E-state index contributed by atoms with van der Waals surface area (Å²) in [4.78, 5) is 25.7. The van der Waals surface area contributed by atoms with Crippen molar-refractivity contribution in [1.82, 2.24) is 0 Å². The molecule has 2 aromatic carbocycles. The van der Waals surface area contributed by atoms with Gasteiger partial charge in [0.25, 0.3) is 0 Å². The number of Topliss-reactive ketones (excluding diaryl/α,β-unsaturated/α-hetero) is 1. The summed E-state index contributed by atoms with van der Waals surface area (Å²) < 4.78 is 43.8. The van der Waals surface area contributed by atoms with Gasteiger partial charge in [-0.25, -0.2) is 8.42 Å². The Hall–Kier alpha value is -2.84. The average molecular weight is 463 g/mol. The molecule has 0 N–H and O–H groups in total. The number of allylic oxidation sites excluding steroid dienone is 1. The fourth-order valence-corrected chi connectivity index (χ4v) is 6.15. The van der Waals surface area contributed by atoms with Crippen LogP contribution in [-0.2, 0) is 14.6 Å². The summed E-state index contributed by atoms with van der Waals surface area (Å²) in [5.74, 6) is -1.49. The van der Waals surface area contributed by atoms with E-state index in [9.17, 15) is 18.0 Å². The summed E-state index contributed by atoms with van der Waals surface area (Å²) in [5, 5.41) is 0.0177. The molecule has 7 nitrogen and oxygen atoms in total. The lowest BCUT2D eigenvalue weighted by Gasteiger charge is -2.37. The first-order valence-corrected chi connectivity index (χ1v) is 11.3. The third-order valence-corrected chi connectivity index (χ3v) is 7.87. The monoisotopic (exact) mass is 462 g/mol. The molecule has 0 saturated heterocycles. The quantitative estimate of drug-likeness (QED) is 0.684. The highest BCUT2D eigenvalue weighted by Gasteiger charge is 2.61. The van der Waals surface area contributed by atoms with E-state index < -0.39 is 37.8 Å². The summed E-state index contributed by atoms with van der Waals surface area (Å²) in [6.45, 7) is 1.60. The fourth-order valence-electron chi connectivity index (χ4n) is 4.09. The number of fused-ring (bicyclic) bond motifs is 1. The molecule has 4 rings (SSSR count). The van der Waals surface area contributed by atoms with Gasteiger partial charge in [-0.15, -0.1) is 0 Å². The van der Waals surface area contributed by atoms with Crippen LogP contribution in [0.5, 0.6) is 17.2 Å². The molecule has 0 bridgehead atoms. The van der Waals surface area contributed by atoms with Gasteiger partial charge in [-0.1, -0.05) is 36.7 Å². The van der Waals surface area contributed by atoms with Crippen LogP contribution in [0.25, 0.3) is 0 Å². The zero-order valence-corrected chi connectivity index (χ0v) is 18.5. The third kappa shape index (κ3) is 2.96. The first kappa shape index (κ1) is 21.4. The predicted molar refractivity (Wildman–Crippen MR) is 113 cm³/mol. The van der Waals surface area contributed by atoms with Crippen LogP contribution < -0.4 is 14.2 Å². The van der Waals surface area contributed by atoms with Gasteiger partial charge < -0.3 is 14.2 Å². The summed E-state index contributed by atoms with van der Waals surface area (Å²) in [6.07, 6.45) is 0.925. The number of rotatable bonds is 4. The Bertz CT molecular complexity index is 1230. The Morgan fingerprint density at radius 2 is 1.74 bits per heavy atom. The molecular formula is C22H19ClO7S. The summed E-state index contributed by atoms with van der Waals surface area (Å²) >= 11 is 6.41. The van der Waals surface area contributed by atoms with Crippen LogP contribution in [0.4, 0.5) is 0 Å². The first-order valence-electron chi connectivity index (χ1n) is 9.42. The number of methoxy groups -OCH3 is 2. The zero-order chi connectivity index (χ0) is 22.6. The van der Waals surface area contributed by atoms with Crippen molar-refractivity contribution in [3.63, 3.8) is 0 Å². The molecule has 0 amide bonds. The second kappa shape index (κ2) is 7.39. The van der Waals surface area contributed by atoms with E-state index in [1.54, 1.807) is 25.1 Å². The smallest absolute Gasteiger partial charge is 0.219 e. The Balaban J connectivity index is 2.00. The molecule has 9 heteroatoms. The van der Waals surface area contributed by atoms with E-state index in [1.807, 2.05) is 0 Å². The van der Waals surface area contributed by atoms with Gasteiger partial charge >= 0.3 is 0 Å². The Morgan fingerprint density at radius 3 is 2.35 bits per heavy atom. The number of benzene rings is 2. The summed E-state index contributed by atoms with van der Waals surface area (Å²) in [5.41, 5.74) is -1.93. The molecule has 0 radical (unpaired) electrons. The molecule has 0 saturated carbocycles. The number of ketones is 2. The molecule has 1 spiro atoms. The standard InChI is InChI=1S/C22H19ClO7S/c1-12-9-13(24)10-17(31(26,27)14-7-5-4-6-8-14)22(12)21(25)18-15(28-2)11-16(29-3)19(23)20(18)30-22/h4-8,10-12H,9H2,1-3H3/t12-,22-/m1/s1. The number of sulfone groups is 1. The van der Waals surface area contributed by atoms with E-state index in [0.717, 1.165) is 6.08 Å². The van der Waals surface area contributed by atoms with Crippen LogP contribution in [0.15, 0.2) is 52.3 Å². The molecule has 31 heavy (non-hydrogen) atoms. The van der Waals surface area contributed by atoms with Crippen LogP contribution >= 0.6 is 11.6 Å². The number of ether oxygens (including phenoxy) is 3. The molecular weight excluding hydrogens is 444 g/mol. The minimum Gasteiger partial charge on any atom is -0.496 e. The highest BCUT2D eigenvalue weighted by Crippen LogP contribution is 2.55. The van der Waals surface area contributed by atoms with Crippen LogP contribution in [0.2, 0.25) is 5.02 Å². The van der Waals surface area contributed by atoms with Crippen LogP contribution in [0.3, 0.4) is 0 Å². The maximum atomic E-state index is 13.8. The lowest BCUT2D eigenvalue weighted by molar-refractivity contribution is -0.117. The molecule has 1 aliphatic heterocycles. The second-order valence-corrected chi connectivity index (χ2v) is 9.66. The van der Waals surface area contributed by atoms with Gasteiger partial charge in [-0.05, 0) is 12.1 Å². The van der Waals surface area contributed by atoms with Crippen molar-refractivity contribution in [2.45, 2.75) is 23.8 Å². The van der Waals surface area contributed by atoms with Crippen molar-refractivity contribution >= 4 is 33.0 Å². The van der Waals surface area contributed by atoms with Gasteiger partial charge in [-0.2, -0.15) is 0 Å². The lowest BCUT2D eigenvalue weighted by Crippen LogP contribution is -2.53. The van der Waals surface area contributed by atoms with Crippen molar-refractivity contribution in [2.24, 2.45) is 5.92 Å². The highest BCUT2D eigenvalue weighted by molar-refractivity contribution is 7.95. The highest BCUT2D eigenvalue weighted by atomic mass is 35.5. The van der Waals surface area contributed by atoms with Gasteiger partial charge in [0.15, 0.2) is 11.5 Å². The number of carbonyl (C=O) groups excluding carboxylic acids is 2. The summed E-state index contributed by atoms with van der Waals surface area (Å²) in [7, 11) is -1.48. The summed E-state index contributed by atoms with van der Waals surface area (Å²) in [6, 6.07) is 9.03. The molecule has 1 heterocycles. The van der Waals surface area contributed by atoms with E-state index in [0.29, 0.717) is 0 Å². The number of hydrogen-bond acceptors (Lipinski definition) is 7. The van der Waals surface area contributed by atoms with Crippen molar-refractivity contribution in [3.8, 4) is 17.2 Å². The van der Waals surface area contributed by atoms with E-state index >= 15 is 0 Å². The Morgan fingerprint density at radius 1 is 1.10 bits per heavy atom. The maximum absolute atomic E-state index is 13.8. The van der Waals surface area contributed by atoms with E-state index in [2.05, 4.69) is 0 Å². The fraction of sp³-hybridized carbons (Fsp3) is 0.273. The molecule has 0 fully saturated rings. The van der Waals surface area contributed by atoms with Crippen molar-refractivity contribution in [2.75, 3.05) is 14.2 Å². The number of hydrogen-bond donors (Lipinski definition) is 0. The molecule has 0 unspecified atom stereocenters. The van der Waals surface area contributed by atoms with E-state index in [1.165, 1.54) is 32.4 Å². The SMILES string of the molecule is COc1cc(OC)c2c(c1Cl)O[C@@]1(C2=O)C(S(=O)(=O)c2ccccc2)=CC(=O)C[C@H]1C. The van der Waals surface area contributed by atoms with Gasteiger partial charge in [0.05, 0.1) is 19.1 Å². The van der Waals surface area contributed by atoms with Crippen LogP contribution in [0, 0.1) is 5.92 Å². The van der Waals surface area contributed by atoms with E-state index in [4.69, 9.17) is 25.8 Å². The minimum absolute atomic E-state index is 0.0173. The van der Waals surface area contributed by atoms with Crippen molar-refractivity contribution < 1.29 is 32.2 Å². The molecule has 2 atom stereocenters. The normalized spacial score (nSPS) is 22.7. The molecule has 162 valence electrons. The molecule has 2 aromatic rings. The van der Waals surface area contributed by atoms with E-state index in [-0.39, 0.29) is 39.2 Å². The van der Waals surface area contributed by atoms with Gasteiger partial charge in [-0.3, -0.25) is 9.59 Å². The topological polar surface area (TPSA) is 96.0 Å². The van der Waals surface area contributed by atoms with Gasteiger partial charge in [0, 0.05) is 24.5 Å². The zero-order valence-electron chi connectivity index (χ0n) is 17.0. The molecule has 0 aromatic heterocycles. The number of halogens is 1. The van der Waals surface area contributed by atoms with Crippen LogP contribution in [0.1, 0.15) is 23.7 Å². The third-order valence-electron chi connectivity index (χ3n) is 5.62. The van der Waals surface area contributed by atoms with Crippen molar-refractivity contribution in [3.05, 3.63) is 58.0 Å².